The fourth-order valence-electron chi connectivity index (χ4n) is 2.35. The first-order valence-electron chi connectivity index (χ1n) is 7.50. The number of nitrogens with two attached hydrogens (primary N) is 1. The molecule has 2 heterocycles. The molecule has 0 aliphatic heterocycles. The van der Waals surface area contributed by atoms with Crippen molar-refractivity contribution in [2.45, 2.75) is 6.04 Å². The Labute approximate surface area is 137 Å². The van der Waals surface area contributed by atoms with Crippen LogP contribution in [0.15, 0.2) is 53.8 Å². The lowest BCUT2D eigenvalue weighted by Gasteiger charge is -2.09. The number of aromatic nitrogens is 2. The van der Waals surface area contributed by atoms with Crippen LogP contribution in [-0.2, 0) is 0 Å². The van der Waals surface area contributed by atoms with Crippen molar-refractivity contribution in [1.29, 1.82) is 0 Å². The summed E-state index contributed by atoms with van der Waals surface area (Å²) in [4.78, 5) is 18.0. The largest absolute Gasteiger partial charge is 0.383 e. The molecule has 3 rings (SSSR count). The van der Waals surface area contributed by atoms with E-state index in [0.717, 1.165) is 27.8 Å². The summed E-state index contributed by atoms with van der Waals surface area (Å²) < 4.78 is 12.5. The van der Waals surface area contributed by atoms with Gasteiger partial charge in [-0.2, -0.15) is 4.91 Å². The molecule has 0 bridgehead atoms. The Morgan fingerprint density at radius 2 is 2.12 bits per heavy atom. The van der Waals surface area contributed by atoms with Gasteiger partial charge in [0.2, 0.25) is 0 Å². The summed E-state index contributed by atoms with van der Waals surface area (Å²) in [5, 5.41) is 6.68. The van der Waals surface area contributed by atoms with Gasteiger partial charge in [-0.25, -0.2) is 14.4 Å². The highest BCUT2D eigenvalue weighted by atomic mass is 19.1. The maximum atomic E-state index is 12.5. The van der Waals surface area contributed by atoms with Crippen LogP contribution < -0.4 is 16.0 Å². The summed E-state index contributed by atoms with van der Waals surface area (Å²) in [6, 6.07) is 12.3. The van der Waals surface area contributed by atoms with Crippen LogP contribution in [0, 0.1) is 4.91 Å². The maximum Gasteiger partial charge on any atom is 0.270 e. The number of anilines is 2. The number of rotatable bonds is 6. The van der Waals surface area contributed by atoms with Crippen LogP contribution in [0.25, 0.3) is 22.2 Å². The van der Waals surface area contributed by atoms with Gasteiger partial charge in [0.25, 0.3) is 5.82 Å². The molecule has 0 saturated heterocycles. The first-order valence-corrected chi connectivity index (χ1v) is 7.50. The fraction of sp³-hybridized carbons (Fsp3) is 0.176. The van der Waals surface area contributed by atoms with Gasteiger partial charge in [-0.05, 0) is 30.3 Å². The number of nitrogens with one attached hydrogen (secondary N) is 2. The minimum Gasteiger partial charge on any atom is -0.383 e. The van der Waals surface area contributed by atoms with E-state index < -0.39 is 12.7 Å². The molecule has 0 amide bonds. The van der Waals surface area contributed by atoms with E-state index in [1.807, 2.05) is 42.6 Å². The molecule has 7 heteroatoms. The van der Waals surface area contributed by atoms with Gasteiger partial charge >= 0.3 is 0 Å². The number of benzene rings is 1. The predicted octanol–water partition coefficient (Wildman–Crippen LogP) is 2.81. The molecule has 2 aromatic heterocycles. The van der Waals surface area contributed by atoms with Crippen molar-refractivity contribution in [2.75, 3.05) is 24.3 Å². The molecule has 6 nitrogen and oxygen atoms in total. The summed E-state index contributed by atoms with van der Waals surface area (Å²) in [5.41, 5.74) is 9.06. The van der Waals surface area contributed by atoms with Crippen LogP contribution in [0.4, 0.5) is 15.9 Å². The monoisotopic (exact) mass is 326 g/mol. The van der Waals surface area contributed by atoms with E-state index in [9.17, 15) is 9.30 Å². The van der Waals surface area contributed by atoms with Gasteiger partial charge in [0.1, 0.15) is 12.7 Å². The topological polar surface area (TPSA) is 94.5 Å². The second-order valence-electron chi connectivity index (χ2n) is 5.43. The van der Waals surface area contributed by atoms with Gasteiger partial charge in [-0.3, -0.25) is 5.73 Å². The van der Waals surface area contributed by atoms with Gasteiger partial charge in [0, 0.05) is 29.2 Å². The van der Waals surface area contributed by atoms with E-state index in [0.29, 0.717) is 5.82 Å². The summed E-state index contributed by atoms with van der Waals surface area (Å²) in [5.74, 6) is 0.589. The third kappa shape index (κ3) is 3.45. The van der Waals surface area contributed by atoms with Crippen molar-refractivity contribution in [3.05, 3.63) is 53.6 Å². The van der Waals surface area contributed by atoms with Crippen LogP contribution in [0.1, 0.15) is 0 Å². The van der Waals surface area contributed by atoms with E-state index >= 15 is 0 Å². The lowest BCUT2D eigenvalue weighted by molar-refractivity contribution is -0.359. The zero-order valence-electron chi connectivity index (χ0n) is 12.9. The van der Waals surface area contributed by atoms with Crippen molar-refractivity contribution in [2.24, 2.45) is 5.18 Å². The summed E-state index contributed by atoms with van der Waals surface area (Å²) in [6.07, 6.45) is 1.81. The summed E-state index contributed by atoms with van der Waals surface area (Å²) in [6.45, 7) is -0.605. The van der Waals surface area contributed by atoms with Crippen LogP contribution in [-0.4, -0.2) is 24.2 Å². The number of nitrogens with zero attached hydrogens (tertiary/aromatic N) is 2. The second-order valence-corrected chi connectivity index (χ2v) is 5.43. The first-order chi connectivity index (χ1) is 11.7. The molecule has 1 aromatic carbocycles. The smallest absolute Gasteiger partial charge is 0.270 e. The van der Waals surface area contributed by atoms with Gasteiger partial charge in [-0.1, -0.05) is 11.2 Å². The molecule has 4 N–H and O–H groups in total. The Kier molecular flexibility index (Phi) is 4.60. The van der Waals surface area contributed by atoms with Gasteiger partial charge < -0.3 is 5.32 Å². The van der Waals surface area contributed by atoms with E-state index in [4.69, 9.17) is 5.73 Å². The number of alkyl halides is 1. The third-order valence-electron chi connectivity index (χ3n) is 3.69. The fourth-order valence-corrected chi connectivity index (χ4v) is 2.35. The number of hydrogen-bond donors (Lipinski definition) is 2. The molecular formula is C17H17FN5O+. The average molecular weight is 326 g/mol. The van der Waals surface area contributed by atoms with Crippen molar-refractivity contribution in [3.8, 4) is 11.3 Å². The van der Waals surface area contributed by atoms with Crippen molar-refractivity contribution < 1.29 is 9.37 Å². The van der Waals surface area contributed by atoms with E-state index in [-0.39, 0.29) is 6.54 Å². The zero-order valence-corrected chi connectivity index (χ0v) is 12.9. The molecule has 1 atom stereocenters. The molecule has 24 heavy (non-hydrogen) atoms. The molecule has 0 aliphatic carbocycles. The highest BCUT2D eigenvalue weighted by Crippen LogP contribution is 2.22. The summed E-state index contributed by atoms with van der Waals surface area (Å²) in [7, 11) is 0. The van der Waals surface area contributed by atoms with Gasteiger partial charge in [0.15, 0.2) is 0 Å². The quantitative estimate of drug-likeness (QED) is 0.681. The number of hydrogen-bond acceptors (Lipinski definition) is 5. The number of pyridine rings is 2. The van der Waals surface area contributed by atoms with E-state index in [2.05, 4.69) is 20.5 Å². The van der Waals surface area contributed by atoms with Crippen LogP contribution in [0.5, 0.6) is 0 Å². The molecule has 3 aromatic rings. The third-order valence-corrected chi connectivity index (χ3v) is 3.69. The normalized spacial score (nSPS) is 12.0. The average Bonchev–Trinajstić information content (AvgIpc) is 2.62. The zero-order chi connectivity index (χ0) is 16.9. The lowest BCUT2D eigenvalue weighted by Crippen LogP contribution is -2.19. The Balaban J connectivity index is 1.83. The Hall–Kier alpha value is -3.09. The number of fused-ring (bicyclic) bond motifs is 1. The Morgan fingerprint density at radius 1 is 1.25 bits per heavy atom. The Morgan fingerprint density at radius 3 is 2.83 bits per heavy atom. The SMILES string of the molecule is Nc1ccc(-c2ccc3cc(NCC(CF)N=O)ccc3n2)c[nH+]1. The molecule has 0 radical (unpaired) electrons. The minimum absolute atomic E-state index is 0.165. The second kappa shape index (κ2) is 6.99. The summed E-state index contributed by atoms with van der Waals surface area (Å²) >= 11 is 0. The van der Waals surface area contributed by atoms with Crippen molar-refractivity contribution >= 4 is 22.4 Å². The number of nitroso groups, excluding NO2 is 1. The molecule has 1 unspecified atom stereocenters. The highest BCUT2D eigenvalue weighted by Gasteiger charge is 2.08. The van der Waals surface area contributed by atoms with Crippen LogP contribution >= 0.6 is 0 Å². The van der Waals surface area contributed by atoms with Gasteiger partial charge in [0.05, 0.1) is 17.4 Å². The van der Waals surface area contributed by atoms with Gasteiger partial charge in [-0.15, -0.1) is 0 Å². The van der Waals surface area contributed by atoms with Crippen molar-refractivity contribution in [3.63, 3.8) is 0 Å². The predicted molar refractivity (Wildman–Crippen MR) is 92.2 cm³/mol. The van der Waals surface area contributed by atoms with E-state index in [1.165, 1.54) is 0 Å². The number of H-pyrrole nitrogens is 1. The standard InChI is InChI=1S/C17H16FN5O/c18-8-14(23-24)10-20-13-3-5-15-11(7-13)1-4-16(22-15)12-2-6-17(19)21-9-12/h1-7,9,14,20H,8,10H2,(H2,19,21)/p+1. The minimum atomic E-state index is -0.872. The number of aromatic amines is 1. The molecule has 0 aliphatic rings. The maximum absolute atomic E-state index is 12.5. The molecule has 0 saturated carbocycles. The lowest BCUT2D eigenvalue weighted by atomic mass is 10.1. The molecular weight excluding hydrogens is 309 g/mol. The van der Waals surface area contributed by atoms with Crippen LogP contribution in [0.3, 0.4) is 0 Å². The molecule has 122 valence electrons. The first kappa shape index (κ1) is 15.8. The number of halogens is 1. The van der Waals surface area contributed by atoms with Crippen LogP contribution in [0.2, 0.25) is 0 Å². The van der Waals surface area contributed by atoms with Crippen molar-refractivity contribution in [1.82, 2.24) is 4.98 Å². The number of nitrogen functional groups attached to an aromatic ring is 1. The Bertz CT molecular complexity index is 853. The highest BCUT2D eigenvalue weighted by molar-refractivity contribution is 5.84. The molecule has 0 fully saturated rings. The van der Waals surface area contributed by atoms with E-state index in [1.54, 1.807) is 6.07 Å². The molecule has 0 spiro atoms.